The number of nitrogens with zero attached hydrogens (tertiary/aromatic N) is 1. The van der Waals surface area contributed by atoms with E-state index >= 15 is 0 Å². The van der Waals surface area contributed by atoms with Gasteiger partial charge in [-0.25, -0.2) is 0 Å². The van der Waals surface area contributed by atoms with E-state index < -0.39 is 0 Å². The van der Waals surface area contributed by atoms with Crippen LogP contribution in [0.3, 0.4) is 0 Å². The Labute approximate surface area is 86.1 Å². The molecule has 14 heavy (non-hydrogen) atoms. The average Bonchev–Trinajstić information content (AvgIpc) is 2.20. The van der Waals surface area contributed by atoms with E-state index in [2.05, 4.69) is 6.92 Å². The largest absolute Gasteiger partial charge is 0.396 e. The van der Waals surface area contributed by atoms with Gasteiger partial charge >= 0.3 is 0 Å². The van der Waals surface area contributed by atoms with E-state index in [0.717, 1.165) is 32.4 Å². The molecule has 1 rings (SSSR count). The van der Waals surface area contributed by atoms with E-state index in [-0.39, 0.29) is 12.5 Å². The number of carbonyl (C=O) groups is 1. The summed E-state index contributed by atoms with van der Waals surface area (Å²) in [7, 11) is 0. The first kappa shape index (κ1) is 11.5. The fourth-order valence-electron chi connectivity index (χ4n) is 2.29. The maximum atomic E-state index is 11.2. The molecule has 0 aromatic rings. The van der Waals surface area contributed by atoms with E-state index in [1.807, 2.05) is 4.90 Å². The van der Waals surface area contributed by atoms with Gasteiger partial charge in [-0.05, 0) is 24.7 Å². The maximum Gasteiger partial charge on any atom is 0.219 e. The van der Waals surface area contributed by atoms with Crippen LogP contribution >= 0.6 is 0 Å². The normalized spacial score (nSPS) is 24.8. The van der Waals surface area contributed by atoms with Crippen molar-refractivity contribution in [3.63, 3.8) is 0 Å². The zero-order valence-electron chi connectivity index (χ0n) is 9.20. The summed E-state index contributed by atoms with van der Waals surface area (Å²) in [5.74, 6) is 1.04. The van der Waals surface area contributed by atoms with Gasteiger partial charge in [0.15, 0.2) is 0 Å². The molecule has 1 saturated heterocycles. The summed E-state index contributed by atoms with van der Waals surface area (Å²) in [6.07, 6.45) is 3.25. The van der Waals surface area contributed by atoms with Gasteiger partial charge in [0, 0.05) is 26.6 Å². The SMILES string of the molecule is CCC(CO)C1CCCN(C(C)=O)C1. The van der Waals surface area contributed by atoms with Gasteiger partial charge in [-0.3, -0.25) is 4.79 Å². The van der Waals surface area contributed by atoms with Crippen molar-refractivity contribution in [2.45, 2.75) is 33.1 Å². The lowest BCUT2D eigenvalue weighted by Crippen LogP contribution is -2.41. The minimum Gasteiger partial charge on any atom is -0.396 e. The predicted octanol–water partition coefficient (Wildman–Crippen LogP) is 1.26. The number of amides is 1. The number of aliphatic hydroxyl groups excluding tert-OH is 1. The number of aliphatic hydroxyl groups is 1. The molecule has 3 heteroatoms. The molecule has 2 unspecified atom stereocenters. The summed E-state index contributed by atoms with van der Waals surface area (Å²) in [6, 6.07) is 0. The topological polar surface area (TPSA) is 40.5 Å². The lowest BCUT2D eigenvalue weighted by Gasteiger charge is -2.35. The van der Waals surface area contributed by atoms with Crippen molar-refractivity contribution < 1.29 is 9.90 Å². The fourth-order valence-corrected chi connectivity index (χ4v) is 2.29. The Bertz CT molecular complexity index is 190. The van der Waals surface area contributed by atoms with Crippen LogP contribution in [0.1, 0.15) is 33.1 Å². The third-order valence-electron chi connectivity index (χ3n) is 3.33. The minimum absolute atomic E-state index is 0.169. The van der Waals surface area contributed by atoms with Crippen LogP contribution in [0.2, 0.25) is 0 Å². The standard InChI is InChI=1S/C11H21NO2/c1-3-10(8-13)11-5-4-6-12(7-11)9(2)14/h10-11,13H,3-8H2,1-2H3. The molecule has 0 aromatic heterocycles. The molecule has 82 valence electrons. The van der Waals surface area contributed by atoms with Crippen LogP contribution in [0.25, 0.3) is 0 Å². The molecule has 0 spiro atoms. The van der Waals surface area contributed by atoms with Crippen molar-refractivity contribution >= 4 is 5.91 Å². The molecule has 1 heterocycles. The van der Waals surface area contributed by atoms with Crippen molar-refractivity contribution in [2.24, 2.45) is 11.8 Å². The molecule has 1 aliphatic rings. The maximum absolute atomic E-state index is 11.2. The van der Waals surface area contributed by atoms with Crippen LogP contribution < -0.4 is 0 Å². The molecule has 1 fully saturated rings. The molecule has 1 amide bonds. The molecule has 0 aromatic carbocycles. The molecule has 3 nitrogen and oxygen atoms in total. The lowest BCUT2D eigenvalue weighted by atomic mass is 9.84. The van der Waals surface area contributed by atoms with Gasteiger partial charge in [-0.2, -0.15) is 0 Å². The molecule has 0 bridgehead atoms. The zero-order valence-corrected chi connectivity index (χ0v) is 9.20. The van der Waals surface area contributed by atoms with Gasteiger partial charge in [-0.1, -0.05) is 13.3 Å². The first-order valence-corrected chi connectivity index (χ1v) is 5.55. The van der Waals surface area contributed by atoms with Gasteiger partial charge in [0.1, 0.15) is 0 Å². The van der Waals surface area contributed by atoms with E-state index in [4.69, 9.17) is 0 Å². The smallest absolute Gasteiger partial charge is 0.219 e. The quantitative estimate of drug-likeness (QED) is 0.743. The molecule has 0 saturated carbocycles. The Balaban J connectivity index is 2.50. The Kier molecular flexibility index (Phi) is 4.39. The van der Waals surface area contributed by atoms with E-state index in [9.17, 15) is 9.90 Å². The van der Waals surface area contributed by atoms with Crippen LogP contribution in [0.4, 0.5) is 0 Å². The molecule has 0 radical (unpaired) electrons. The first-order chi connectivity index (χ1) is 6.69. The zero-order chi connectivity index (χ0) is 10.6. The van der Waals surface area contributed by atoms with Crippen LogP contribution in [0, 0.1) is 11.8 Å². The number of carbonyl (C=O) groups excluding carboxylic acids is 1. The van der Waals surface area contributed by atoms with Gasteiger partial charge in [0.2, 0.25) is 5.91 Å². The first-order valence-electron chi connectivity index (χ1n) is 5.55. The summed E-state index contributed by atoms with van der Waals surface area (Å²) in [4.78, 5) is 13.1. The number of rotatable bonds is 3. The highest BCUT2D eigenvalue weighted by Gasteiger charge is 2.26. The minimum atomic E-state index is 0.169. The van der Waals surface area contributed by atoms with E-state index in [1.54, 1.807) is 6.92 Å². The second-order valence-electron chi connectivity index (χ2n) is 4.22. The van der Waals surface area contributed by atoms with Crippen molar-refractivity contribution in [3.05, 3.63) is 0 Å². The van der Waals surface area contributed by atoms with Gasteiger partial charge in [0.25, 0.3) is 0 Å². The summed E-state index contributed by atoms with van der Waals surface area (Å²) in [6.45, 7) is 5.73. The summed E-state index contributed by atoms with van der Waals surface area (Å²) in [5.41, 5.74) is 0. The third-order valence-corrected chi connectivity index (χ3v) is 3.33. The Morgan fingerprint density at radius 1 is 1.64 bits per heavy atom. The van der Waals surface area contributed by atoms with Crippen molar-refractivity contribution in [3.8, 4) is 0 Å². The summed E-state index contributed by atoms with van der Waals surface area (Å²) < 4.78 is 0. The number of piperidine rings is 1. The van der Waals surface area contributed by atoms with E-state index in [0.29, 0.717) is 11.8 Å². The highest BCUT2D eigenvalue weighted by molar-refractivity contribution is 5.73. The molecular weight excluding hydrogens is 178 g/mol. The van der Waals surface area contributed by atoms with Crippen LogP contribution in [0.15, 0.2) is 0 Å². The monoisotopic (exact) mass is 199 g/mol. The Morgan fingerprint density at radius 2 is 2.36 bits per heavy atom. The molecule has 1 aliphatic heterocycles. The van der Waals surface area contributed by atoms with Crippen molar-refractivity contribution in [1.29, 1.82) is 0 Å². The van der Waals surface area contributed by atoms with Crippen LogP contribution in [-0.4, -0.2) is 35.6 Å². The second-order valence-corrected chi connectivity index (χ2v) is 4.22. The predicted molar refractivity (Wildman–Crippen MR) is 55.8 cm³/mol. The molecule has 1 N–H and O–H groups in total. The fraction of sp³-hybridized carbons (Fsp3) is 0.909. The van der Waals surface area contributed by atoms with Gasteiger partial charge in [0.05, 0.1) is 0 Å². The Morgan fingerprint density at radius 3 is 2.86 bits per heavy atom. The third kappa shape index (κ3) is 2.71. The van der Waals surface area contributed by atoms with Crippen LogP contribution in [0.5, 0.6) is 0 Å². The van der Waals surface area contributed by atoms with Crippen LogP contribution in [-0.2, 0) is 4.79 Å². The second kappa shape index (κ2) is 5.35. The van der Waals surface area contributed by atoms with Gasteiger partial charge in [-0.15, -0.1) is 0 Å². The summed E-state index contributed by atoms with van der Waals surface area (Å²) >= 11 is 0. The average molecular weight is 199 g/mol. The van der Waals surface area contributed by atoms with E-state index in [1.165, 1.54) is 0 Å². The summed E-state index contributed by atoms with van der Waals surface area (Å²) in [5, 5.41) is 9.20. The van der Waals surface area contributed by atoms with Crippen molar-refractivity contribution in [1.82, 2.24) is 4.90 Å². The molecule has 0 aliphatic carbocycles. The lowest BCUT2D eigenvalue weighted by molar-refractivity contribution is -0.131. The van der Waals surface area contributed by atoms with Gasteiger partial charge < -0.3 is 10.0 Å². The molecule has 2 atom stereocenters. The highest BCUT2D eigenvalue weighted by Crippen LogP contribution is 2.25. The number of hydrogen-bond acceptors (Lipinski definition) is 2. The Hall–Kier alpha value is -0.570. The molecular formula is C11H21NO2. The number of hydrogen-bond donors (Lipinski definition) is 1. The van der Waals surface area contributed by atoms with Crippen molar-refractivity contribution in [2.75, 3.05) is 19.7 Å². The number of likely N-dealkylation sites (tertiary alicyclic amines) is 1. The highest BCUT2D eigenvalue weighted by atomic mass is 16.3.